The minimum absolute atomic E-state index is 0.517. The van der Waals surface area contributed by atoms with Gasteiger partial charge in [-0.15, -0.1) is 0 Å². The van der Waals surface area contributed by atoms with E-state index in [0.717, 1.165) is 13.2 Å². The summed E-state index contributed by atoms with van der Waals surface area (Å²) < 4.78 is 11.1. The van der Waals surface area contributed by atoms with E-state index in [4.69, 9.17) is 9.47 Å². The molecule has 0 radical (unpaired) electrons. The number of hydrogen-bond donors (Lipinski definition) is 1. The summed E-state index contributed by atoms with van der Waals surface area (Å²) in [5.41, 5.74) is 2.52. The van der Waals surface area contributed by atoms with Crippen LogP contribution in [-0.4, -0.2) is 25.9 Å². The molecule has 0 saturated heterocycles. The number of benzene rings is 1. The molecule has 0 atom stereocenters. The highest BCUT2D eigenvalue weighted by atomic mass is 16.5. The third-order valence-electron chi connectivity index (χ3n) is 2.83. The van der Waals surface area contributed by atoms with Gasteiger partial charge in [0.25, 0.3) is 0 Å². The van der Waals surface area contributed by atoms with E-state index in [-0.39, 0.29) is 0 Å². The Morgan fingerprint density at radius 3 is 2.10 bits per heavy atom. The van der Waals surface area contributed by atoms with Crippen LogP contribution >= 0.6 is 0 Å². The van der Waals surface area contributed by atoms with Gasteiger partial charge >= 0.3 is 0 Å². The van der Waals surface area contributed by atoms with E-state index in [1.54, 1.807) is 0 Å². The maximum Gasteiger partial charge on any atom is 0.0718 e. The van der Waals surface area contributed by atoms with Gasteiger partial charge in [-0.05, 0) is 17.0 Å². The Balaban J connectivity index is 2.15. The molecule has 114 valence electrons. The number of nitrogens with one attached hydrogen (secondary N) is 1. The van der Waals surface area contributed by atoms with E-state index in [2.05, 4.69) is 57.3 Å². The van der Waals surface area contributed by atoms with Gasteiger partial charge < -0.3 is 14.8 Å². The van der Waals surface area contributed by atoms with Crippen molar-refractivity contribution in [2.24, 2.45) is 5.92 Å². The Morgan fingerprint density at radius 1 is 0.900 bits per heavy atom. The van der Waals surface area contributed by atoms with Crippen molar-refractivity contribution in [1.29, 1.82) is 0 Å². The summed E-state index contributed by atoms with van der Waals surface area (Å²) in [4.78, 5) is 0. The summed E-state index contributed by atoms with van der Waals surface area (Å²) in [5, 5.41) is 3.41. The molecule has 1 aromatic rings. The fourth-order valence-corrected chi connectivity index (χ4v) is 1.70. The second-order valence-corrected chi connectivity index (χ2v) is 5.87. The summed E-state index contributed by atoms with van der Waals surface area (Å²) in [6, 6.07) is 9.09. The number of ether oxygens (including phenoxy) is 2. The third kappa shape index (κ3) is 8.31. The van der Waals surface area contributed by atoms with Crippen LogP contribution in [0.15, 0.2) is 24.3 Å². The van der Waals surface area contributed by atoms with Gasteiger partial charge in [0, 0.05) is 19.2 Å². The third-order valence-corrected chi connectivity index (χ3v) is 2.83. The lowest BCUT2D eigenvalue weighted by Crippen LogP contribution is -2.21. The van der Waals surface area contributed by atoms with Crippen LogP contribution in [0.2, 0.25) is 0 Å². The second kappa shape index (κ2) is 9.92. The highest BCUT2D eigenvalue weighted by molar-refractivity contribution is 5.21. The first kappa shape index (κ1) is 17.2. The molecule has 3 nitrogen and oxygen atoms in total. The molecule has 0 unspecified atom stereocenters. The SMILES string of the molecule is CC(C)COCCOCc1ccc(CNC(C)C)cc1. The van der Waals surface area contributed by atoms with E-state index in [0.29, 0.717) is 31.8 Å². The van der Waals surface area contributed by atoms with Gasteiger partial charge in [0.05, 0.1) is 19.8 Å². The molecule has 20 heavy (non-hydrogen) atoms. The lowest BCUT2D eigenvalue weighted by Gasteiger charge is -2.09. The summed E-state index contributed by atoms with van der Waals surface area (Å²) in [7, 11) is 0. The molecule has 0 amide bonds. The van der Waals surface area contributed by atoms with Crippen LogP contribution in [0.4, 0.5) is 0 Å². The number of rotatable bonds is 10. The van der Waals surface area contributed by atoms with Gasteiger partial charge in [0.2, 0.25) is 0 Å². The van der Waals surface area contributed by atoms with Gasteiger partial charge in [-0.2, -0.15) is 0 Å². The first-order valence-electron chi connectivity index (χ1n) is 7.54. The van der Waals surface area contributed by atoms with Crippen molar-refractivity contribution in [2.45, 2.75) is 46.9 Å². The van der Waals surface area contributed by atoms with E-state index >= 15 is 0 Å². The molecule has 0 aromatic heterocycles. The molecular formula is C17H29NO2. The van der Waals surface area contributed by atoms with Crippen molar-refractivity contribution < 1.29 is 9.47 Å². The zero-order valence-electron chi connectivity index (χ0n) is 13.3. The summed E-state index contributed by atoms with van der Waals surface area (Å²) in [6.07, 6.45) is 0. The molecule has 1 rings (SSSR count). The van der Waals surface area contributed by atoms with Gasteiger partial charge in [-0.1, -0.05) is 52.0 Å². The highest BCUT2D eigenvalue weighted by Crippen LogP contribution is 2.06. The van der Waals surface area contributed by atoms with Crippen molar-refractivity contribution in [1.82, 2.24) is 5.32 Å². The van der Waals surface area contributed by atoms with Crippen LogP contribution in [0.3, 0.4) is 0 Å². The minimum atomic E-state index is 0.517. The Hall–Kier alpha value is -0.900. The zero-order chi connectivity index (χ0) is 14.8. The quantitative estimate of drug-likeness (QED) is 0.666. The van der Waals surface area contributed by atoms with Gasteiger partial charge in [0.15, 0.2) is 0 Å². The van der Waals surface area contributed by atoms with Crippen molar-refractivity contribution >= 4 is 0 Å². The second-order valence-electron chi connectivity index (χ2n) is 5.87. The van der Waals surface area contributed by atoms with Gasteiger partial charge in [-0.25, -0.2) is 0 Å². The fourth-order valence-electron chi connectivity index (χ4n) is 1.70. The lowest BCUT2D eigenvalue weighted by atomic mass is 10.1. The summed E-state index contributed by atoms with van der Waals surface area (Å²) in [6.45, 7) is 12.3. The van der Waals surface area contributed by atoms with Crippen molar-refractivity contribution in [3.05, 3.63) is 35.4 Å². The van der Waals surface area contributed by atoms with E-state index in [1.807, 2.05) is 0 Å². The van der Waals surface area contributed by atoms with E-state index in [1.165, 1.54) is 11.1 Å². The Labute approximate surface area is 123 Å². The molecule has 0 bridgehead atoms. The van der Waals surface area contributed by atoms with Crippen molar-refractivity contribution in [2.75, 3.05) is 19.8 Å². The Morgan fingerprint density at radius 2 is 1.50 bits per heavy atom. The predicted molar refractivity (Wildman–Crippen MR) is 83.7 cm³/mol. The largest absolute Gasteiger partial charge is 0.379 e. The maximum absolute atomic E-state index is 5.60. The average molecular weight is 279 g/mol. The molecular weight excluding hydrogens is 250 g/mol. The van der Waals surface area contributed by atoms with Gasteiger partial charge in [0.1, 0.15) is 0 Å². The number of hydrogen-bond acceptors (Lipinski definition) is 3. The molecule has 0 heterocycles. The fraction of sp³-hybridized carbons (Fsp3) is 0.647. The Bertz CT molecular complexity index is 347. The van der Waals surface area contributed by atoms with Crippen LogP contribution in [0.5, 0.6) is 0 Å². The first-order chi connectivity index (χ1) is 9.58. The Kier molecular flexibility index (Phi) is 8.51. The zero-order valence-corrected chi connectivity index (χ0v) is 13.3. The standard InChI is InChI=1S/C17H29NO2/c1-14(2)12-19-9-10-20-13-17-7-5-16(6-8-17)11-18-15(3)4/h5-8,14-15,18H,9-13H2,1-4H3. The minimum Gasteiger partial charge on any atom is -0.379 e. The van der Waals surface area contributed by atoms with Crippen LogP contribution < -0.4 is 5.32 Å². The molecule has 3 heteroatoms. The molecule has 0 aliphatic carbocycles. The van der Waals surface area contributed by atoms with Crippen molar-refractivity contribution in [3.8, 4) is 0 Å². The lowest BCUT2D eigenvalue weighted by molar-refractivity contribution is 0.0314. The van der Waals surface area contributed by atoms with Crippen LogP contribution in [0, 0.1) is 5.92 Å². The highest BCUT2D eigenvalue weighted by Gasteiger charge is 1.98. The summed E-state index contributed by atoms with van der Waals surface area (Å²) in [5.74, 6) is 0.585. The van der Waals surface area contributed by atoms with Crippen LogP contribution in [0.25, 0.3) is 0 Å². The van der Waals surface area contributed by atoms with E-state index < -0.39 is 0 Å². The van der Waals surface area contributed by atoms with Crippen molar-refractivity contribution in [3.63, 3.8) is 0 Å². The molecule has 1 N–H and O–H groups in total. The smallest absolute Gasteiger partial charge is 0.0718 e. The van der Waals surface area contributed by atoms with Crippen LogP contribution in [-0.2, 0) is 22.6 Å². The molecule has 0 saturated carbocycles. The molecule has 0 spiro atoms. The predicted octanol–water partition coefficient (Wildman–Crippen LogP) is 3.37. The average Bonchev–Trinajstić information content (AvgIpc) is 2.41. The topological polar surface area (TPSA) is 30.5 Å². The molecule has 1 aromatic carbocycles. The molecule has 0 fully saturated rings. The monoisotopic (exact) mass is 279 g/mol. The van der Waals surface area contributed by atoms with Gasteiger partial charge in [-0.3, -0.25) is 0 Å². The molecule has 0 aliphatic heterocycles. The summed E-state index contributed by atoms with van der Waals surface area (Å²) >= 11 is 0. The maximum atomic E-state index is 5.60. The van der Waals surface area contributed by atoms with E-state index in [9.17, 15) is 0 Å². The van der Waals surface area contributed by atoms with Crippen LogP contribution in [0.1, 0.15) is 38.8 Å². The normalized spacial score (nSPS) is 11.5. The molecule has 0 aliphatic rings. The first-order valence-corrected chi connectivity index (χ1v) is 7.54.